The molecule has 1 amide bonds. The third-order valence-electron chi connectivity index (χ3n) is 4.89. The van der Waals surface area contributed by atoms with Crippen LogP contribution in [0.25, 0.3) is 0 Å². The van der Waals surface area contributed by atoms with E-state index in [1.165, 1.54) is 0 Å². The van der Waals surface area contributed by atoms with Crippen LogP contribution in [0.15, 0.2) is 48.5 Å². The predicted molar refractivity (Wildman–Crippen MR) is 115 cm³/mol. The smallest absolute Gasteiger partial charge is 0.254 e. The van der Waals surface area contributed by atoms with E-state index in [1.807, 2.05) is 18.2 Å². The zero-order valence-electron chi connectivity index (χ0n) is 16.7. The minimum atomic E-state index is -3.13. The third kappa shape index (κ3) is 5.73. The van der Waals surface area contributed by atoms with Crippen LogP contribution in [-0.4, -0.2) is 43.4 Å². The van der Waals surface area contributed by atoms with Gasteiger partial charge in [-0.15, -0.1) is 0 Å². The summed E-state index contributed by atoms with van der Waals surface area (Å²) in [7, 11) is -3.13. The van der Waals surface area contributed by atoms with Gasteiger partial charge < -0.3 is 9.64 Å². The topological polar surface area (TPSA) is 63.7 Å². The molecular weight excluding hydrogens is 410 g/mol. The van der Waals surface area contributed by atoms with E-state index in [0.29, 0.717) is 35.3 Å². The summed E-state index contributed by atoms with van der Waals surface area (Å²) >= 11 is 6.29. The largest absolute Gasteiger partial charge is 0.493 e. The lowest BCUT2D eigenvalue weighted by molar-refractivity contribution is 0.0681. The summed E-state index contributed by atoms with van der Waals surface area (Å²) in [5.74, 6) is 0.996. The number of benzene rings is 2. The summed E-state index contributed by atoms with van der Waals surface area (Å²) in [5, 5.41) is 0.559. The number of sulfone groups is 1. The molecule has 156 valence electrons. The normalized spacial score (nSPS) is 18.0. The molecule has 3 rings (SSSR count). The number of carbonyl (C=O) groups excluding carboxylic acids is 1. The van der Waals surface area contributed by atoms with Crippen LogP contribution in [0.1, 0.15) is 36.2 Å². The van der Waals surface area contributed by atoms with Crippen molar-refractivity contribution in [2.75, 3.05) is 18.1 Å². The van der Waals surface area contributed by atoms with Crippen LogP contribution in [0.3, 0.4) is 0 Å². The van der Waals surface area contributed by atoms with Gasteiger partial charge in [0.1, 0.15) is 5.75 Å². The molecule has 0 saturated carbocycles. The van der Waals surface area contributed by atoms with Crippen molar-refractivity contribution < 1.29 is 17.9 Å². The Balaban J connectivity index is 1.83. The van der Waals surface area contributed by atoms with Crippen LogP contribution in [-0.2, 0) is 16.4 Å². The Labute approximate surface area is 177 Å². The highest BCUT2D eigenvalue weighted by Gasteiger charge is 2.35. The van der Waals surface area contributed by atoms with Gasteiger partial charge in [0.2, 0.25) is 0 Å². The summed E-state index contributed by atoms with van der Waals surface area (Å²) in [6.45, 7) is 5.01. The van der Waals surface area contributed by atoms with Crippen molar-refractivity contribution in [1.29, 1.82) is 0 Å². The van der Waals surface area contributed by atoms with E-state index in [9.17, 15) is 13.2 Å². The fourth-order valence-electron chi connectivity index (χ4n) is 3.32. The Morgan fingerprint density at radius 1 is 1.17 bits per heavy atom. The molecule has 1 heterocycles. The van der Waals surface area contributed by atoms with E-state index in [4.69, 9.17) is 16.3 Å². The van der Waals surface area contributed by atoms with Gasteiger partial charge >= 0.3 is 0 Å². The van der Waals surface area contributed by atoms with Crippen molar-refractivity contribution in [3.8, 4) is 5.75 Å². The summed E-state index contributed by atoms with van der Waals surface area (Å²) in [6.07, 6.45) is 0.439. The lowest BCUT2D eigenvalue weighted by atomic mass is 10.1. The highest BCUT2D eigenvalue weighted by Crippen LogP contribution is 2.25. The molecule has 1 fully saturated rings. The number of nitrogens with zero attached hydrogens (tertiary/aromatic N) is 1. The molecule has 0 radical (unpaired) electrons. The monoisotopic (exact) mass is 435 g/mol. The molecule has 0 aliphatic carbocycles. The first kappa shape index (κ1) is 21.7. The molecule has 1 aliphatic heterocycles. The summed E-state index contributed by atoms with van der Waals surface area (Å²) in [4.78, 5) is 14.9. The number of amides is 1. The SMILES string of the molecule is CC(C)COc1ccc(C(=O)N(Cc2ccccc2Cl)[C@H]2CCS(=O)(=O)C2)cc1. The lowest BCUT2D eigenvalue weighted by Gasteiger charge is -2.29. The van der Waals surface area contributed by atoms with Crippen LogP contribution in [0, 0.1) is 5.92 Å². The molecule has 0 N–H and O–H groups in total. The number of halogens is 1. The van der Waals surface area contributed by atoms with E-state index in [0.717, 1.165) is 5.56 Å². The molecule has 0 spiro atoms. The van der Waals surface area contributed by atoms with Gasteiger partial charge in [-0.05, 0) is 48.2 Å². The van der Waals surface area contributed by atoms with E-state index in [1.54, 1.807) is 35.2 Å². The second-order valence-corrected chi connectivity index (χ2v) is 10.4. The van der Waals surface area contributed by atoms with Crippen LogP contribution < -0.4 is 4.74 Å². The second kappa shape index (κ2) is 9.18. The molecule has 2 aromatic carbocycles. The van der Waals surface area contributed by atoms with Crippen LogP contribution >= 0.6 is 11.6 Å². The van der Waals surface area contributed by atoms with E-state index >= 15 is 0 Å². The second-order valence-electron chi connectivity index (χ2n) is 7.81. The highest BCUT2D eigenvalue weighted by molar-refractivity contribution is 7.91. The van der Waals surface area contributed by atoms with Gasteiger partial charge in [0.25, 0.3) is 5.91 Å². The van der Waals surface area contributed by atoms with Gasteiger partial charge in [-0.2, -0.15) is 0 Å². The molecule has 2 aromatic rings. The average molecular weight is 436 g/mol. The Morgan fingerprint density at radius 2 is 1.86 bits per heavy atom. The molecule has 7 heteroatoms. The lowest BCUT2D eigenvalue weighted by Crippen LogP contribution is -2.40. The van der Waals surface area contributed by atoms with Gasteiger partial charge in [0, 0.05) is 23.2 Å². The van der Waals surface area contributed by atoms with Crippen molar-refractivity contribution in [2.24, 2.45) is 5.92 Å². The van der Waals surface area contributed by atoms with Gasteiger partial charge in [-0.25, -0.2) is 8.42 Å². The maximum Gasteiger partial charge on any atom is 0.254 e. The summed E-state index contributed by atoms with van der Waals surface area (Å²) < 4.78 is 29.7. The van der Waals surface area contributed by atoms with Crippen LogP contribution in [0.2, 0.25) is 5.02 Å². The number of ether oxygens (including phenoxy) is 1. The van der Waals surface area contributed by atoms with Crippen LogP contribution in [0.4, 0.5) is 0 Å². The summed E-state index contributed by atoms with van der Waals surface area (Å²) in [5.41, 5.74) is 1.29. The molecule has 1 aliphatic rings. The van der Waals surface area contributed by atoms with E-state index in [-0.39, 0.29) is 30.0 Å². The number of carbonyl (C=O) groups is 1. The maximum absolute atomic E-state index is 13.3. The van der Waals surface area contributed by atoms with Gasteiger partial charge in [-0.3, -0.25) is 4.79 Å². The zero-order valence-corrected chi connectivity index (χ0v) is 18.2. The van der Waals surface area contributed by atoms with Crippen molar-refractivity contribution in [2.45, 2.75) is 32.9 Å². The minimum Gasteiger partial charge on any atom is -0.493 e. The Kier molecular flexibility index (Phi) is 6.85. The minimum absolute atomic E-state index is 0.0151. The van der Waals surface area contributed by atoms with Crippen LogP contribution in [0.5, 0.6) is 5.75 Å². The van der Waals surface area contributed by atoms with Gasteiger partial charge in [0.15, 0.2) is 9.84 Å². The first-order valence-electron chi connectivity index (χ1n) is 9.73. The molecule has 1 saturated heterocycles. The predicted octanol–water partition coefficient (Wildman–Crippen LogP) is 4.20. The molecule has 1 atom stereocenters. The Hall–Kier alpha value is -2.05. The van der Waals surface area contributed by atoms with Gasteiger partial charge in [0.05, 0.1) is 18.1 Å². The summed E-state index contributed by atoms with van der Waals surface area (Å²) in [6, 6.07) is 13.9. The van der Waals surface area contributed by atoms with Crippen molar-refractivity contribution in [3.05, 3.63) is 64.7 Å². The van der Waals surface area contributed by atoms with Crippen molar-refractivity contribution in [3.63, 3.8) is 0 Å². The van der Waals surface area contributed by atoms with Gasteiger partial charge in [-0.1, -0.05) is 43.6 Å². The number of hydrogen-bond acceptors (Lipinski definition) is 4. The Morgan fingerprint density at radius 3 is 2.45 bits per heavy atom. The number of rotatable bonds is 7. The Bertz CT molecular complexity index is 957. The van der Waals surface area contributed by atoms with Crippen molar-refractivity contribution >= 4 is 27.3 Å². The molecule has 29 heavy (non-hydrogen) atoms. The fraction of sp³-hybridized carbons (Fsp3) is 0.409. The molecule has 0 bridgehead atoms. The standard InChI is InChI=1S/C22H26ClNO4S/c1-16(2)14-28-20-9-7-17(8-10-20)22(25)24(19-11-12-29(26,27)15-19)13-18-5-3-4-6-21(18)23/h3-10,16,19H,11-15H2,1-2H3/t19-/m0/s1. The molecule has 5 nitrogen and oxygen atoms in total. The molecule has 0 aromatic heterocycles. The average Bonchev–Trinajstić information content (AvgIpc) is 3.05. The quantitative estimate of drug-likeness (QED) is 0.653. The zero-order chi connectivity index (χ0) is 21.0. The molecule has 0 unspecified atom stereocenters. The molecular formula is C22H26ClNO4S. The van der Waals surface area contributed by atoms with E-state index in [2.05, 4.69) is 13.8 Å². The van der Waals surface area contributed by atoms with Crippen molar-refractivity contribution in [1.82, 2.24) is 4.90 Å². The first-order valence-corrected chi connectivity index (χ1v) is 11.9. The fourth-order valence-corrected chi connectivity index (χ4v) is 5.25. The number of hydrogen-bond donors (Lipinski definition) is 0. The third-order valence-corrected chi connectivity index (χ3v) is 7.01. The maximum atomic E-state index is 13.3. The van der Waals surface area contributed by atoms with E-state index < -0.39 is 9.84 Å². The first-order chi connectivity index (χ1) is 13.7. The highest BCUT2D eigenvalue weighted by atomic mass is 35.5.